The van der Waals surface area contributed by atoms with Crippen LogP contribution in [0.25, 0.3) is 5.69 Å². The van der Waals surface area contributed by atoms with Crippen molar-refractivity contribution in [3.8, 4) is 17.2 Å². The van der Waals surface area contributed by atoms with Gasteiger partial charge in [-0.1, -0.05) is 12.1 Å². The molecule has 0 radical (unpaired) electrons. The van der Waals surface area contributed by atoms with E-state index in [9.17, 15) is 0 Å². The summed E-state index contributed by atoms with van der Waals surface area (Å²) in [5, 5.41) is 19.2. The molecule has 2 heterocycles. The van der Waals surface area contributed by atoms with Crippen LogP contribution in [0.5, 0.6) is 11.5 Å². The molecule has 1 aromatic heterocycles. The number of hydrogen-bond acceptors (Lipinski definition) is 7. The molecule has 4 rings (SSSR count). The molecule has 2 atom stereocenters. The van der Waals surface area contributed by atoms with Gasteiger partial charge in [-0.25, -0.2) is 0 Å². The van der Waals surface area contributed by atoms with Crippen molar-refractivity contribution in [3.63, 3.8) is 0 Å². The second kappa shape index (κ2) is 9.23. The molecule has 0 spiro atoms. The van der Waals surface area contributed by atoms with Crippen LogP contribution in [0.4, 0.5) is 0 Å². The van der Waals surface area contributed by atoms with Gasteiger partial charge in [0.1, 0.15) is 11.5 Å². The molecule has 0 saturated carbocycles. The third-order valence-electron chi connectivity index (χ3n) is 5.62. The molecule has 2 aromatic carbocycles. The number of rotatable bonds is 7. The van der Waals surface area contributed by atoms with E-state index in [1.165, 1.54) is 5.56 Å². The highest BCUT2D eigenvalue weighted by atomic mass is 16.5. The number of aryl methyl sites for hydroxylation is 1. The zero-order valence-electron chi connectivity index (χ0n) is 17.6. The number of nitrogens with zero attached hydrogens (tertiary/aromatic N) is 4. The molecule has 1 saturated heterocycles. The van der Waals surface area contributed by atoms with Crippen LogP contribution in [0, 0.1) is 6.92 Å². The Morgan fingerprint density at radius 1 is 1.13 bits per heavy atom. The Bertz CT molecular complexity index is 972. The molecule has 30 heavy (non-hydrogen) atoms. The van der Waals surface area contributed by atoms with Crippen LogP contribution in [0.15, 0.2) is 42.5 Å². The third-order valence-corrected chi connectivity index (χ3v) is 5.62. The predicted molar refractivity (Wildman–Crippen MR) is 114 cm³/mol. The van der Waals surface area contributed by atoms with E-state index in [4.69, 9.17) is 9.47 Å². The average Bonchev–Trinajstić information content (AvgIpc) is 3.23. The molecule has 1 fully saturated rings. The summed E-state index contributed by atoms with van der Waals surface area (Å²) in [6, 6.07) is 14.9. The Hall–Kier alpha value is -2.97. The summed E-state index contributed by atoms with van der Waals surface area (Å²) in [5.41, 5.74) is 3.26. The van der Waals surface area contributed by atoms with Gasteiger partial charge in [-0.3, -0.25) is 0 Å². The number of ether oxygens (including phenoxy) is 2. The zero-order chi connectivity index (χ0) is 20.9. The largest absolute Gasteiger partial charge is 0.497 e. The van der Waals surface area contributed by atoms with Crippen LogP contribution in [0.2, 0.25) is 0 Å². The van der Waals surface area contributed by atoms with Crippen LogP contribution >= 0.6 is 0 Å². The Labute approximate surface area is 176 Å². The molecule has 8 heteroatoms. The summed E-state index contributed by atoms with van der Waals surface area (Å²) in [4.78, 5) is 0. The van der Waals surface area contributed by atoms with Gasteiger partial charge in [-0.05, 0) is 72.6 Å². The van der Waals surface area contributed by atoms with Crippen LogP contribution in [-0.2, 0) is 6.54 Å². The Kier molecular flexibility index (Phi) is 6.25. The van der Waals surface area contributed by atoms with Crippen LogP contribution in [0.1, 0.15) is 35.8 Å². The second-order valence-electron chi connectivity index (χ2n) is 7.47. The van der Waals surface area contributed by atoms with E-state index in [-0.39, 0.29) is 6.04 Å². The lowest BCUT2D eigenvalue weighted by molar-refractivity contribution is 0.302. The van der Waals surface area contributed by atoms with Gasteiger partial charge in [-0.2, -0.15) is 4.68 Å². The predicted octanol–water partition coefficient (Wildman–Crippen LogP) is 2.57. The van der Waals surface area contributed by atoms with Crippen molar-refractivity contribution in [2.75, 3.05) is 20.8 Å². The van der Waals surface area contributed by atoms with E-state index in [2.05, 4.69) is 44.4 Å². The lowest BCUT2D eigenvalue weighted by Crippen LogP contribution is -2.45. The summed E-state index contributed by atoms with van der Waals surface area (Å²) >= 11 is 0. The van der Waals surface area contributed by atoms with E-state index >= 15 is 0 Å². The summed E-state index contributed by atoms with van der Waals surface area (Å²) in [6.07, 6.45) is 2.25. The SMILES string of the molecule is COc1ccc(C2NCCCC2NCc2cc(-n3nnnc3C)ccc2OC)cc1. The van der Waals surface area contributed by atoms with Crippen molar-refractivity contribution in [1.29, 1.82) is 0 Å². The average molecular weight is 409 g/mol. The Morgan fingerprint density at radius 2 is 1.97 bits per heavy atom. The number of piperidine rings is 1. The monoisotopic (exact) mass is 408 g/mol. The third kappa shape index (κ3) is 4.29. The summed E-state index contributed by atoms with van der Waals surface area (Å²) in [7, 11) is 3.39. The first kappa shape index (κ1) is 20.3. The highest BCUT2D eigenvalue weighted by molar-refractivity contribution is 5.44. The van der Waals surface area contributed by atoms with Gasteiger partial charge >= 0.3 is 0 Å². The van der Waals surface area contributed by atoms with Crippen LogP contribution in [0.3, 0.4) is 0 Å². The molecule has 0 bridgehead atoms. The molecular formula is C22H28N6O2. The standard InChI is InChI=1S/C22H28N6O2/c1-15-25-26-27-28(15)18-8-11-21(30-3)17(13-18)14-24-20-5-4-12-23-22(20)16-6-9-19(29-2)10-7-16/h6-11,13,20,22-24H,4-5,12,14H2,1-3H3. The normalized spacial score (nSPS) is 18.9. The van der Waals surface area contributed by atoms with E-state index in [1.54, 1.807) is 18.9 Å². The van der Waals surface area contributed by atoms with E-state index in [0.29, 0.717) is 12.6 Å². The minimum absolute atomic E-state index is 0.251. The van der Waals surface area contributed by atoms with E-state index in [1.807, 2.05) is 31.2 Å². The number of methoxy groups -OCH3 is 2. The van der Waals surface area contributed by atoms with Gasteiger partial charge in [0.15, 0.2) is 5.82 Å². The van der Waals surface area contributed by atoms with Crippen molar-refractivity contribution in [2.24, 2.45) is 0 Å². The molecular weight excluding hydrogens is 380 g/mol. The number of benzene rings is 2. The number of hydrogen-bond donors (Lipinski definition) is 2. The maximum absolute atomic E-state index is 5.59. The summed E-state index contributed by atoms with van der Waals surface area (Å²) in [6.45, 7) is 3.60. The van der Waals surface area contributed by atoms with E-state index < -0.39 is 0 Å². The van der Waals surface area contributed by atoms with Crippen LogP contribution < -0.4 is 20.1 Å². The maximum Gasteiger partial charge on any atom is 0.153 e. The maximum atomic E-state index is 5.59. The number of nitrogens with one attached hydrogen (secondary N) is 2. The van der Waals surface area contributed by atoms with Gasteiger partial charge in [0.2, 0.25) is 0 Å². The zero-order valence-corrected chi connectivity index (χ0v) is 17.6. The molecule has 0 amide bonds. The number of aromatic nitrogens is 4. The highest BCUT2D eigenvalue weighted by Gasteiger charge is 2.26. The summed E-state index contributed by atoms with van der Waals surface area (Å²) < 4.78 is 12.6. The van der Waals surface area contributed by atoms with Gasteiger partial charge in [-0.15, -0.1) is 5.10 Å². The fourth-order valence-electron chi connectivity index (χ4n) is 4.02. The molecule has 2 N–H and O–H groups in total. The fourth-order valence-corrected chi connectivity index (χ4v) is 4.02. The van der Waals surface area contributed by atoms with Crippen LogP contribution in [-0.4, -0.2) is 47.0 Å². The van der Waals surface area contributed by atoms with Crippen molar-refractivity contribution >= 4 is 0 Å². The van der Waals surface area contributed by atoms with Gasteiger partial charge in [0.25, 0.3) is 0 Å². The molecule has 2 unspecified atom stereocenters. The molecule has 1 aliphatic rings. The minimum Gasteiger partial charge on any atom is -0.497 e. The lowest BCUT2D eigenvalue weighted by atomic mass is 9.92. The van der Waals surface area contributed by atoms with E-state index in [0.717, 1.165) is 48.0 Å². The highest BCUT2D eigenvalue weighted by Crippen LogP contribution is 2.27. The van der Waals surface area contributed by atoms with Gasteiger partial charge in [0, 0.05) is 24.2 Å². The fraction of sp³-hybridized carbons (Fsp3) is 0.409. The molecule has 3 aromatic rings. The first-order chi connectivity index (χ1) is 14.7. The topological polar surface area (TPSA) is 86.1 Å². The molecule has 8 nitrogen and oxygen atoms in total. The smallest absolute Gasteiger partial charge is 0.153 e. The second-order valence-corrected chi connectivity index (χ2v) is 7.47. The minimum atomic E-state index is 0.251. The quantitative estimate of drug-likeness (QED) is 0.621. The lowest BCUT2D eigenvalue weighted by Gasteiger charge is -2.34. The Morgan fingerprint density at radius 3 is 2.67 bits per heavy atom. The van der Waals surface area contributed by atoms with Crippen molar-refractivity contribution < 1.29 is 9.47 Å². The molecule has 0 aliphatic carbocycles. The molecule has 1 aliphatic heterocycles. The van der Waals surface area contributed by atoms with Gasteiger partial charge in [0.05, 0.1) is 19.9 Å². The van der Waals surface area contributed by atoms with Gasteiger partial charge < -0.3 is 20.1 Å². The first-order valence-electron chi connectivity index (χ1n) is 10.2. The van der Waals surface area contributed by atoms with Crippen molar-refractivity contribution in [2.45, 2.75) is 38.4 Å². The first-order valence-corrected chi connectivity index (χ1v) is 10.2. The number of tetrazole rings is 1. The molecule has 158 valence electrons. The summed E-state index contributed by atoms with van der Waals surface area (Å²) in [5.74, 6) is 2.47. The van der Waals surface area contributed by atoms with Crippen molar-refractivity contribution in [3.05, 3.63) is 59.4 Å². The Balaban J connectivity index is 1.52. The van der Waals surface area contributed by atoms with Crippen molar-refractivity contribution in [1.82, 2.24) is 30.8 Å².